The van der Waals surface area contributed by atoms with Gasteiger partial charge >= 0.3 is 0 Å². The molecule has 102 valence electrons. The third-order valence-corrected chi connectivity index (χ3v) is 3.71. The summed E-state index contributed by atoms with van der Waals surface area (Å²) in [6.07, 6.45) is 0. The highest BCUT2D eigenvalue weighted by Crippen LogP contribution is 2.23. The van der Waals surface area contributed by atoms with Gasteiger partial charge in [0.2, 0.25) is 5.09 Å². The van der Waals surface area contributed by atoms with Crippen LogP contribution in [-0.4, -0.2) is 13.5 Å². The topological polar surface area (TPSA) is 79.5 Å². The number of anilines is 1. The van der Waals surface area contributed by atoms with Crippen LogP contribution in [0.15, 0.2) is 39.8 Å². The molecule has 0 atom stereocenters. The summed E-state index contributed by atoms with van der Waals surface area (Å²) in [5.74, 6) is -0.707. The number of hydrogen-bond acceptors (Lipinski definition) is 4. The van der Waals surface area contributed by atoms with Gasteiger partial charge in [0.1, 0.15) is 18.2 Å². The van der Waals surface area contributed by atoms with Crippen LogP contribution in [0.5, 0.6) is 0 Å². The lowest BCUT2D eigenvalue weighted by Crippen LogP contribution is -2.13. The second-order valence-corrected chi connectivity index (χ2v) is 5.66. The monoisotopic (exact) mass is 305 g/mol. The predicted molar refractivity (Wildman–Crippen MR) is 66.8 cm³/mol. The minimum Gasteiger partial charge on any atom is -0.445 e. The first kappa shape index (κ1) is 13.9. The molecule has 8 heteroatoms. The summed E-state index contributed by atoms with van der Waals surface area (Å²) in [6, 6.07) is 6.02. The molecule has 2 rings (SSSR count). The molecular weight excluding hydrogens is 297 g/mol. The number of aliphatic hydroxyl groups is 1. The minimum absolute atomic E-state index is 0.0944. The maximum atomic E-state index is 13.5. The highest BCUT2D eigenvalue weighted by Gasteiger charge is 2.20. The van der Waals surface area contributed by atoms with Gasteiger partial charge in [-0.15, -0.1) is 0 Å². The van der Waals surface area contributed by atoms with Crippen LogP contribution in [0.1, 0.15) is 5.76 Å². The van der Waals surface area contributed by atoms with Crippen molar-refractivity contribution in [1.82, 2.24) is 0 Å². The van der Waals surface area contributed by atoms with Gasteiger partial charge in [0, 0.05) is 5.02 Å². The fraction of sp³-hybridized carbons (Fsp3) is 0.0909. The Balaban J connectivity index is 2.30. The van der Waals surface area contributed by atoms with Gasteiger partial charge in [0.05, 0.1) is 5.69 Å². The van der Waals surface area contributed by atoms with Crippen LogP contribution < -0.4 is 4.72 Å². The van der Waals surface area contributed by atoms with E-state index >= 15 is 0 Å². The van der Waals surface area contributed by atoms with E-state index in [1.54, 1.807) is 0 Å². The van der Waals surface area contributed by atoms with Gasteiger partial charge in [-0.1, -0.05) is 11.6 Å². The Morgan fingerprint density at radius 2 is 2.05 bits per heavy atom. The fourth-order valence-corrected chi connectivity index (χ4v) is 2.53. The number of benzene rings is 1. The Hall–Kier alpha value is -1.57. The summed E-state index contributed by atoms with van der Waals surface area (Å²) < 4.78 is 44.2. The van der Waals surface area contributed by atoms with Crippen LogP contribution in [0.4, 0.5) is 10.1 Å². The highest BCUT2D eigenvalue weighted by atomic mass is 35.5. The van der Waals surface area contributed by atoms with Crippen LogP contribution in [0.25, 0.3) is 0 Å². The number of hydrogen-bond donors (Lipinski definition) is 2. The Bertz CT molecular complexity index is 698. The number of rotatable bonds is 4. The predicted octanol–water partition coefficient (Wildman–Crippen LogP) is 2.37. The number of nitrogens with one attached hydrogen (secondary N) is 1. The van der Waals surface area contributed by atoms with Crippen molar-refractivity contribution in [3.63, 3.8) is 0 Å². The summed E-state index contributed by atoms with van der Waals surface area (Å²) in [7, 11) is -4.05. The lowest BCUT2D eigenvalue weighted by Gasteiger charge is -2.06. The second kappa shape index (κ2) is 5.20. The van der Waals surface area contributed by atoms with E-state index in [-0.39, 0.29) is 16.5 Å². The van der Waals surface area contributed by atoms with E-state index in [0.717, 1.165) is 6.07 Å². The average molecular weight is 306 g/mol. The number of furan rings is 1. The molecule has 0 saturated carbocycles. The van der Waals surface area contributed by atoms with Gasteiger partial charge in [-0.05, 0) is 30.3 Å². The summed E-state index contributed by atoms with van der Waals surface area (Å²) in [5.41, 5.74) is -0.244. The average Bonchev–Trinajstić information content (AvgIpc) is 2.82. The molecule has 2 N–H and O–H groups in total. The lowest BCUT2D eigenvalue weighted by atomic mass is 10.3. The van der Waals surface area contributed by atoms with Crippen molar-refractivity contribution in [2.24, 2.45) is 0 Å². The molecule has 0 fully saturated rings. The van der Waals surface area contributed by atoms with Crippen molar-refractivity contribution in [3.8, 4) is 0 Å². The summed E-state index contributed by atoms with van der Waals surface area (Å²) in [5, 5.41) is 8.54. The van der Waals surface area contributed by atoms with E-state index in [1.807, 2.05) is 4.72 Å². The molecule has 2 aromatic rings. The molecule has 0 radical (unpaired) electrons. The summed E-state index contributed by atoms with van der Waals surface area (Å²) >= 11 is 5.56. The largest absolute Gasteiger partial charge is 0.445 e. The molecule has 0 bridgehead atoms. The molecule has 5 nitrogen and oxygen atoms in total. The second-order valence-electron chi connectivity index (χ2n) is 3.61. The molecule has 0 spiro atoms. The molecule has 1 heterocycles. The van der Waals surface area contributed by atoms with E-state index in [2.05, 4.69) is 0 Å². The van der Waals surface area contributed by atoms with Crippen LogP contribution in [0, 0.1) is 5.82 Å². The Kier molecular flexibility index (Phi) is 3.79. The van der Waals surface area contributed by atoms with Gasteiger partial charge in [-0.25, -0.2) is 4.39 Å². The quantitative estimate of drug-likeness (QED) is 0.909. The van der Waals surface area contributed by atoms with Gasteiger partial charge < -0.3 is 9.52 Å². The normalized spacial score (nSPS) is 11.5. The van der Waals surface area contributed by atoms with Crippen LogP contribution >= 0.6 is 11.6 Å². The molecule has 1 aromatic carbocycles. The molecule has 1 aromatic heterocycles. The van der Waals surface area contributed by atoms with Crippen molar-refractivity contribution < 1.29 is 22.3 Å². The van der Waals surface area contributed by atoms with Crippen LogP contribution in [0.3, 0.4) is 0 Å². The molecule has 0 aliphatic carbocycles. The number of sulfonamides is 1. The Morgan fingerprint density at radius 3 is 2.63 bits per heavy atom. The van der Waals surface area contributed by atoms with Crippen molar-refractivity contribution in [2.45, 2.75) is 11.7 Å². The van der Waals surface area contributed by atoms with E-state index in [9.17, 15) is 12.8 Å². The van der Waals surface area contributed by atoms with Gasteiger partial charge in [-0.2, -0.15) is 8.42 Å². The van der Waals surface area contributed by atoms with Crippen LogP contribution in [0.2, 0.25) is 5.02 Å². The number of aliphatic hydroxyl groups excluding tert-OH is 1. The van der Waals surface area contributed by atoms with Crippen LogP contribution in [-0.2, 0) is 16.6 Å². The molecule has 0 aliphatic rings. The van der Waals surface area contributed by atoms with Crippen molar-refractivity contribution in [1.29, 1.82) is 0 Å². The third-order valence-electron chi connectivity index (χ3n) is 2.23. The van der Waals surface area contributed by atoms with Gasteiger partial charge in [0.25, 0.3) is 10.0 Å². The molecular formula is C11H9ClFNO4S. The summed E-state index contributed by atoms with van der Waals surface area (Å²) in [4.78, 5) is 0. The summed E-state index contributed by atoms with van der Waals surface area (Å²) in [6.45, 7) is -0.426. The smallest absolute Gasteiger partial charge is 0.295 e. The SMILES string of the molecule is O=S(=O)(Nc1ccc(Cl)cc1F)c1ccc(CO)o1. The molecule has 0 amide bonds. The maximum absolute atomic E-state index is 13.5. The van der Waals surface area contributed by atoms with Gasteiger partial charge in [0.15, 0.2) is 0 Å². The van der Waals surface area contributed by atoms with Crippen molar-refractivity contribution in [2.75, 3.05) is 4.72 Å². The standard InChI is InChI=1S/C11H9ClFNO4S/c12-7-1-3-10(9(13)5-7)14-19(16,17)11-4-2-8(6-15)18-11/h1-5,14-15H,6H2. The molecule has 0 saturated heterocycles. The van der Waals surface area contributed by atoms with E-state index in [0.29, 0.717) is 0 Å². The third kappa shape index (κ3) is 3.06. The first-order valence-corrected chi connectivity index (χ1v) is 6.96. The maximum Gasteiger partial charge on any atom is 0.295 e. The molecule has 19 heavy (non-hydrogen) atoms. The molecule has 0 aliphatic heterocycles. The number of halogens is 2. The van der Waals surface area contributed by atoms with Crippen molar-refractivity contribution in [3.05, 3.63) is 46.9 Å². The highest BCUT2D eigenvalue weighted by molar-refractivity contribution is 7.92. The van der Waals surface area contributed by atoms with Gasteiger partial charge in [-0.3, -0.25) is 4.72 Å². The lowest BCUT2D eigenvalue weighted by molar-refractivity contribution is 0.236. The first-order valence-electron chi connectivity index (χ1n) is 5.10. The zero-order valence-corrected chi connectivity index (χ0v) is 11.0. The Morgan fingerprint density at radius 1 is 1.32 bits per heavy atom. The Labute approximate surface area is 113 Å². The zero-order valence-electron chi connectivity index (χ0n) is 9.43. The molecule has 0 unspecified atom stereocenters. The van der Waals surface area contributed by atoms with E-state index < -0.39 is 27.5 Å². The minimum atomic E-state index is -4.05. The van der Waals surface area contributed by atoms with E-state index in [1.165, 1.54) is 24.3 Å². The fourth-order valence-electron chi connectivity index (χ4n) is 1.35. The van der Waals surface area contributed by atoms with Crippen molar-refractivity contribution >= 4 is 27.3 Å². The first-order chi connectivity index (χ1) is 8.92. The zero-order chi connectivity index (χ0) is 14.0. The van der Waals surface area contributed by atoms with E-state index in [4.69, 9.17) is 21.1 Å².